The van der Waals surface area contributed by atoms with Gasteiger partial charge in [-0.25, -0.2) is 0 Å². The first-order chi connectivity index (χ1) is 25.3. The average molecular weight is 662 g/mol. The molecule has 3 N–H and O–H groups in total. The van der Waals surface area contributed by atoms with E-state index in [0.717, 1.165) is 92.0 Å². The summed E-state index contributed by atoms with van der Waals surface area (Å²) < 4.78 is 13.8. The lowest BCUT2D eigenvalue weighted by Crippen LogP contribution is -2.11. The molecule has 0 saturated carbocycles. The van der Waals surface area contributed by atoms with E-state index >= 15 is 0 Å². The number of para-hydroxylation sites is 3. The molecular formula is C46H35N3O2. The Balaban J connectivity index is 1.17. The van der Waals surface area contributed by atoms with E-state index in [4.69, 9.17) is 9.47 Å². The van der Waals surface area contributed by atoms with Crippen LogP contribution in [-0.2, 0) is 0 Å². The standard InChI is InChI=1S/C46H35N3O2/c1-4-17-42(37(14-1)35-13-9-25-48-30-35)49-36-21-23-41-40-22-20-33(31-10-7-11-32(26-31)34-12-8-24-47-29-34)27-45(40)50-43-18-5-2-15-38(43)39-16-3-6-19-44(39)51-46(41)28-36/h1-24,26-28,30,47-49H,25,29H2. The Morgan fingerprint density at radius 3 is 1.94 bits per heavy atom. The third-order valence-corrected chi connectivity index (χ3v) is 9.44. The first-order valence-corrected chi connectivity index (χ1v) is 17.3. The lowest BCUT2D eigenvalue weighted by molar-refractivity contribution is 0.472. The molecule has 6 aromatic rings. The zero-order chi connectivity index (χ0) is 34.0. The first kappa shape index (κ1) is 30.3. The number of fused-ring (bicyclic) bond motifs is 6. The van der Waals surface area contributed by atoms with Crippen molar-refractivity contribution in [3.8, 4) is 56.4 Å². The van der Waals surface area contributed by atoms with Gasteiger partial charge in [-0.2, -0.15) is 0 Å². The van der Waals surface area contributed by atoms with Crippen molar-refractivity contribution in [1.82, 2.24) is 10.6 Å². The minimum atomic E-state index is 0.729. The Morgan fingerprint density at radius 2 is 1.20 bits per heavy atom. The number of anilines is 2. The summed E-state index contributed by atoms with van der Waals surface area (Å²) in [4.78, 5) is 0. The fourth-order valence-corrected chi connectivity index (χ4v) is 6.90. The SMILES string of the molecule is C1=CNCC(c2cccc(-c3ccc4c(c3)Oc3ccccc3-c3ccccc3Oc3cc(Nc5ccccc5C5=CNCC=C5)ccc3-4)c2)=C1. The smallest absolute Gasteiger partial charge is 0.137 e. The zero-order valence-electron chi connectivity index (χ0n) is 27.9. The second-order valence-corrected chi connectivity index (χ2v) is 12.7. The second-order valence-electron chi connectivity index (χ2n) is 12.7. The molecule has 3 aliphatic rings. The predicted molar refractivity (Wildman–Crippen MR) is 209 cm³/mol. The number of nitrogens with one attached hydrogen (secondary N) is 3. The van der Waals surface area contributed by atoms with E-state index < -0.39 is 0 Å². The van der Waals surface area contributed by atoms with Crippen molar-refractivity contribution in [2.75, 3.05) is 18.4 Å². The van der Waals surface area contributed by atoms with E-state index in [1.807, 2.05) is 48.7 Å². The number of hydrogen-bond acceptors (Lipinski definition) is 5. The van der Waals surface area contributed by atoms with Crippen molar-refractivity contribution >= 4 is 22.5 Å². The Hall–Kier alpha value is -6.72. The predicted octanol–water partition coefficient (Wildman–Crippen LogP) is 11.3. The monoisotopic (exact) mass is 661 g/mol. The highest BCUT2D eigenvalue weighted by Gasteiger charge is 2.21. The highest BCUT2D eigenvalue weighted by molar-refractivity contribution is 5.88. The number of allylic oxidation sites excluding steroid dienone is 4. The normalized spacial score (nSPS) is 14.0. The van der Waals surface area contributed by atoms with E-state index in [9.17, 15) is 0 Å². The zero-order valence-corrected chi connectivity index (χ0v) is 27.9. The maximum atomic E-state index is 6.93. The van der Waals surface area contributed by atoms with Gasteiger partial charge < -0.3 is 25.4 Å². The van der Waals surface area contributed by atoms with E-state index in [0.29, 0.717) is 0 Å². The molecule has 5 heteroatoms. The van der Waals surface area contributed by atoms with Crippen molar-refractivity contribution in [3.63, 3.8) is 0 Å². The molecule has 0 amide bonds. The number of hydrogen-bond donors (Lipinski definition) is 3. The molecule has 0 spiro atoms. The van der Waals surface area contributed by atoms with Crippen LogP contribution in [0.5, 0.6) is 23.0 Å². The molecule has 0 saturated heterocycles. The second kappa shape index (κ2) is 13.3. The Labute approximate surface area is 297 Å². The van der Waals surface area contributed by atoms with Gasteiger partial charge in [-0.3, -0.25) is 0 Å². The van der Waals surface area contributed by atoms with Gasteiger partial charge in [0.2, 0.25) is 0 Å². The quantitative estimate of drug-likeness (QED) is 0.171. The molecule has 6 aromatic carbocycles. The van der Waals surface area contributed by atoms with Gasteiger partial charge in [-0.15, -0.1) is 0 Å². The molecule has 3 heterocycles. The molecule has 0 radical (unpaired) electrons. The van der Waals surface area contributed by atoms with E-state index in [1.165, 1.54) is 11.1 Å². The molecule has 0 aromatic heterocycles. The fourth-order valence-electron chi connectivity index (χ4n) is 6.90. The molecule has 5 nitrogen and oxygen atoms in total. The van der Waals surface area contributed by atoms with Crippen LogP contribution in [0.2, 0.25) is 0 Å². The highest BCUT2D eigenvalue weighted by Crippen LogP contribution is 2.48. The van der Waals surface area contributed by atoms with Gasteiger partial charge in [0.15, 0.2) is 0 Å². The van der Waals surface area contributed by atoms with Gasteiger partial charge in [0, 0.05) is 64.5 Å². The molecule has 0 atom stereocenters. The van der Waals surface area contributed by atoms with E-state index in [-0.39, 0.29) is 0 Å². The molecule has 0 aliphatic carbocycles. The third-order valence-electron chi connectivity index (χ3n) is 9.44. The summed E-state index contributed by atoms with van der Waals surface area (Å²) in [5, 5.41) is 10.3. The van der Waals surface area contributed by atoms with Crippen LogP contribution in [0.4, 0.5) is 11.4 Å². The summed E-state index contributed by atoms with van der Waals surface area (Å²) in [5.74, 6) is 3.01. The van der Waals surface area contributed by atoms with E-state index in [1.54, 1.807) is 0 Å². The topological polar surface area (TPSA) is 54.5 Å². The lowest BCUT2D eigenvalue weighted by atomic mass is 9.95. The highest BCUT2D eigenvalue weighted by atomic mass is 16.5. The number of benzene rings is 6. The van der Waals surface area contributed by atoms with Crippen molar-refractivity contribution in [2.24, 2.45) is 0 Å². The van der Waals surface area contributed by atoms with Crippen LogP contribution in [0.3, 0.4) is 0 Å². The van der Waals surface area contributed by atoms with Crippen molar-refractivity contribution < 1.29 is 9.47 Å². The van der Waals surface area contributed by atoms with Crippen LogP contribution >= 0.6 is 0 Å². The van der Waals surface area contributed by atoms with Crippen molar-refractivity contribution in [2.45, 2.75) is 0 Å². The minimum Gasteiger partial charge on any atom is -0.456 e. The van der Waals surface area contributed by atoms with Gasteiger partial charge in [-0.05, 0) is 88.6 Å². The largest absolute Gasteiger partial charge is 0.456 e. The van der Waals surface area contributed by atoms with Crippen LogP contribution < -0.4 is 25.4 Å². The van der Waals surface area contributed by atoms with Crippen LogP contribution in [0.15, 0.2) is 170 Å². The maximum absolute atomic E-state index is 6.93. The Kier molecular flexibility index (Phi) is 7.91. The summed E-state index contributed by atoms with van der Waals surface area (Å²) >= 11 is 0. The first-order valence-electron chi connectivity index (χ1n) is 17.3. The lowest BCUT2D eigenvalue weighted by Gasteiger charge is -2.22. The molecule has 51 heavy (non-hydrogen) atoms. The number of ether oxygens (including phenoxy) is 2. The van der Waals surface area contributed by atoms with E-state index in [2.05, 4.69) is 137 Å². The molecule has 3 aliphatic heterocycles. The summed E-state index contributed by atoms with van der Waals surface area (Å²) in [7, 11) is 0. The van der Waals surface area contributed by atoms with Gasteiger partial charge in [0.05, 0.1) is 0 Å². The van der Waals surface area contributed by atoms with Crippen LogP contribution in [0.1, 0.15) is 11.1 Å². The summed E-state index contributed by atoms with van der Waals surface area (Å²) in [6.45, 7) is 1.64. The maximum Gasteiger partial charge on any atom is 0.137 e. The van der Waals surface area contributed by atoms with Crippen LogP contribution in [0.25, 0.3) is 44.5 Å². The number of rotatable bonds is 5. The van der Waals surface area contributed by atoms with Crippen molar-refractivity contribution in [1.29, 1.82) is 0 Å². The summed E-state index contributed by atoms with van der Waals surface area (Å²) in [6, 6.07) is 46.2. The molecule has 0 bridgehead atoms. The van der Waals surface area contributed by atoms with Gasteiger partial charge >= 0.3 is 0 Å². The minimum absolute atomic E-state index is 0.729. The Bertz CT molecular complexity index is 2420. The summed E-state index contributed by atoms with van der Waals surface area (Å²) in [6.07, 6.45) is 12.6. The van der Waals surface area contributed by atoms with Crippen molar-refractivity contribution in [3.05, 3.63) is 181 Å². The molecule has 0 unspecified atom stereocenters. The molecular weight excluding hydrogens is 627 g/mol. The van der Waals surface area contributed by atoms with Crippen LogP contribution in [-0.4, -0.2) is 13.1 Å². The van der Waals surface area contributed by atoms with Crippen LogP contribution in [0, 0.1) is 0 Å². The Morgan fingerprint density at radius 1 is 0.529 bits per heavy atom. The average Bonchev–Trinajstić information content (AvgIpc) is 3.19. The molecule has 246 valence electrons. The fraction of sp³-hybridized carbons (Fsp3) is 0.0435. The number of dihydropyridines is 2. The third kappa shape index (κ3) is 6.06. The van der Waals surface area contributed by atoms with Gasteiger partial charge in [0.25, 0.3) is 0 Å². The molecule has 0 fully saturated rings. The van der Waals surface area contributed by atoms with Gasteiger partial charge in [0.1, 0.15) is 23.0 Å². The summed E-state index contributed by atoms with van der Waals surface area (Å²) in [5.41, 5.74) is 12.6. The molecule has 9 rings (SSSR count). The van der Waals surface area contributed by atoms with Gasteiger partial charge in [-0.1, -0.05) is 97.1 Å².